The molecule has 88 valence electrons. The van der Waals surface area contributed by atoms with Crippen LogP contribution in [0.25, 0.3) is 0 Å². The summed E-state index contributed by atoms with van der Waals surface area (Å²) in [4.78, 5) is 14.3. The lowest BCUT2D eigenvalue weighted by molar-refractivity contribution is -0.137. The van der Waals surface area contributed by atoms with Gasteiger partial charge in [-0.15, -0.1) is 0 Å². The van der Waals surface area contributed by atoms with E-state index in [0.717, 1.165) is 0 Å². The maximum Gasteiger partial charge on any atom is 0.321 e. The highest BCUT2D eigenvalue weighted by Crippen LogP contribution is 1.92. The lowest BCUT2D eigenvalue weighted by Crippen LogP contribution is -2.36. The first-order valence-electron chi connectivity index (χ1n) is 4.53. The summed E-state index contributed by atoms with van der Waals surface area (Å²) in [6, 6.07) is -1.05. The number of amidine groups is 1. The standard InChI is InChI=1S/C8H17N3O3S/c1-6(9)11-3-2-4-15(14)5-7(10)8(12)13/h7H,2-5,10H2,1H3,(H2,9,11)(H,12,13)/t7-,15?/m0/s1. The third-order valence-corrected chi connectivity index (χ3v) is 3.05. The summed E-state index contributed by atoms with van der Waals surface area (Å²) in [5, 5.41) is 8.48. The molecule has 0 aliphatic heterocycles. The van der Waals surface area contributed by atoms with Gasteiger partial charge in [0.1, 0.15) is 6.04 Å². The molecule has 7 heteroatoms. The largest absolute Gasteiger partial charge is 0.480 e. The fraction of sp³-hybridized carbons (Fsp3) is 0.750. The van der Waals surface area contributed by atoms with Crippen molar-refractivity contribution in [2.75, 3.05) is 18.1 Å². The van der Waals surface area contributed by atoms with E-state index >= 15 is 0 Å². The summed E-state index contributed by atoms with van der Waals surface area (Å²) in [6.45, 7) is 2.19. The average Bonchev–Trinajstić information content (AvgIpc) is 2.12. The summed E-state index contributed by atoms with van der Waals surface area (Å²) in [6.07, 6.45) is 0.619. The van der Waals surface area contributed by atoms with E-state index in [-0.39, 0.29) is 5.75 Å². The van der Waals surface area contributed by atoms with Gasteiger partial charge in [0.25, 0.3) is 0 Å². The second-order valence-electron chi connectivity index (χ2n) is 3.13. The third-order valence-electron chi connectivity index (χ3n) is 1.57. The van der Waals surface area contributed by atoms with Crippen LogP contribution in [0.3, 0.4) is 0 Å². The number of aliphatic imine (C=N–C) groups is 1. The molecule has 0 fully saturated rings. The Hall–Kier alpha value is -0.950. The fourth-order valence-electron chi connectivity index (χ4n) is 0.836. The normalized spacial score (nSPS) is 16.0. The molecule has 0 radical (unpaired) electrons. The summed E-state index contributed by atoms with van der Waals surface area (Å²) in [5.74, 6) is -0.250. The molecule has 0 saturated carbocycles. The summed E-state index contributed by atoms with van der Waals surface area (Å²) < 4.78 is 11.3. The highest BCUT2D eigenvalue weighted by Gasteiger charge is 2.14. The monoisotopic (exact) mass is 235 g/mol. The Kier molecular flexibility index (Phi) is 6.89. The Morgan fingerprint density at radius 1 is 1.60 bits per heavy atom. The molecule has 0 aliphatic carbocycles. The number of hydrogen-bond acceptors (Lipinski definition) is 4. The zero-order chi connectivity index (χ0) is 11.8. The Morgan fingerprint density at radius 3 is 2.67 bits per heavy atom. The molecule has 0 aliphatic rings. The highest BCUT2D eigenvalue weighted by atomic mass is 32.2. The molecular formula is C8H17N3O3S. The van der Waals surface area contributed by atoms with E-state index in [1.54, 1.807) is 6.92 Å². The van der Waals surface area contributed by atoms with Gasteiger partial charge in [0.15, 0.2) is 0 Å². The van der Waals surface area contributed by atoms with Crippen LogP contribution in [-0.4, -0.2) is 45.2 Å². The van der Waals surface area contributed by atoms with Gasteiger partial charge in [-0.25, -0.2) is 0 Å². The van der Waals surface area contributed by atoms with Crippen molar-refractivity contribution in [2.45, 2.75) is 19.4 Å². The first-order chi connectivity index (χ1) is 6.93. The molecule has 0 rings (SSSR count). The molecule has 0 heterocycles. The van der Waals surface area contributed by atoms with E-state index in [9.17, 15) is 9.00 Å². The second kappa shape index (κ2) is 7.36. The van der Waals surface area contributed by atoms with Crippen molar-refractivity contribution in [1.82, 2.24) is 0 Å². The molecule has 0 amide bonds. The Morgan fingerprint density at radius 2 is 2.20 bits per heavy atom. The Balaban J connectivity index is 3.67. The van der Waals surface area contributed by atoms with E-state index in [2.05, 4.69) is 4.99 Å². The van der Waals surface area contributed by atoms with Gasteiger partial charge >= 0.3 is 5.97 Å². The van der Waals surface area contributed by atoms with E-state index in [1.807, 2.05) is 0 Å². The van der Waals surface area contributed by atoms with Crippen molar-refractivity contribution in [3.8, 4) is 0 Å². The predicted molar refractivity (Wildman–Crippen MR) is 60.3 cm³/mol. The van der Waals surface area contributed by atoms with Crippen molar-refractivity contribution >= 4 is 22.6 Å². The van der Waals surface area contributed by atoms with Gasteiger partial charge in [0.05, 0.1) is 5.84 Å². The zero-order valence-electron chi connectivity index (χ0n) is 8.68. The van der Waals surface area contributed by atoms with Crippen LogP contribution in [0.4, 0.5) is 0 Å². The molecule has 0 saturated heterocycles. The number of rotatable bonds is 7. The number of aliphatic carboxylic acids is 1. The Bertz CT molecular complexity index is 264. The highest BCUT2D eigenvalue weighted by molar-refractivity contribution is 7.85. The van der Waals surface area contributed by atoms with Gasteiger partial charge in [-0.1, -0.05) is 0 Å². The molecule has 6 nitrogen and oxygen atoms in total. The smallest absolute Gasteiger partial charge is 0.321 e. The van der Waals surface area contributed by atoms with Crippen LogP contribution in [0.5, 0.6) is 0 Å². The maximum absolute atomic E-state index is 11.3. The van der Waals surface area contributed by atoms with Crippen molar-refractivity contribution in [3.63, 3.8) is 0 Å². The van der Waals surface area contributed by atoms with Gasteiger partial charge in [0, 0.05) is 28.9 Å². The van der Waals surface area contributed by atoms with Gasteiger partial charge in [-0.05, 0) is 13.3 Å². The van der Waals surface area contributed by atoms with Crippen molar-refractivity contribution < 1.29 is 14.1 Å². The lowest BCUT2D eigenvalue weighted by Gasteiger charge is -2.05. The van der Waals surface area contributed by atoms with Crippen LogP contribution in [0.1, 0.15) is 13.3 Å². The van der Waals surface area contributed by atoms with Crippen LogP contribution in [-0.2, 0) is 15.6 Å². The quantitative estimate of drug-likeness (QED) is 0.294. The molecule has 1 unspecified atom stereocenters. The third kappa shape index (κ3) is 8.07. The molecule has 0 bridgehead atoms. The molecule has 5 N–H and O–H groups in total. The number of nitrogens with zero attached hydrogens (tertiary/aromatic N) is 1. The molecular weight excluding hydrogens is 218 g/mol. The average molecular weight is 235 g/mol. The number of hydrogen-bond donors (Lipinski definition) is 3. The minimum absolute atomic E-state index is 0.0132. The minimum atomic E-state index is -1.20. The van der Waals surface area contributed by atoms with Crippen LogP contribution in [0.2, 0.25) is 0 Å². The fourth-order valence-corrected chi connectivity index (χ4v) is 2.00. The SMILES string of the molecule is CC(N)=NCCCS(=O)C[C@H](N)C(=O)O. The molecule has 0 aromatic rings. The Labute approximate surface area is 91.2 Å². The van der Waals surface area contributed by atoms with Crippen LogP contribution < -0.4 is 11.5 Å². The topological polar surface area (TPSA) is 119 Å². The van der Waals surface area contributed by atoms with Gasteiger partial charge < -0.3 is 16.6 Å². The first kappa shape index (κ1) is 14.1. The van der Waals surface area contributed by atoms with E-state index < -0.39 is 22.8 Å². The summed E-state index contributed by atoms with van der Waals surface area (Å²) in [5.41, 5.74) is 10.5. The van der Waals surface area contributed by atoms with Crippen LogP contribution in [0.15, 0.2) is 4.99 Å². The number of carbonyl (C=O) groups is 1. The predicted octanol–water partition coefficient (Wildman–Crippen LogP) is -1.09. The number of carboxylic acid groups (broad SMARTS) is 1. The van der Waals surface area contributed by atoms with Crippen molar-refractivity contribution in [3.05, 3.63) is 0 Å². The number of carboxylic acids is 1. The number of nitrogens with two attached hydrogens (primary N) is 2. The molecule has 15 heavy (non-hydrogen) atoms. The second-order valence-corrected chi connectivity index (χ2v) is 4.75. The van der Waals surface area contributed by atoms with Crippen LogP contribution in [0, 0.1) is 0 Å². The summed E-state index contributed by atoms with van der Waals surface area (Å²) in [7, 11) is -1.20. The summed E-state index contributed by atoms with van der Waals surface area (Å²) >= 11 is 0. The first-order valence-corrected chi connectivity index (χ1v) is 6.02. The van der Waals surface area contributed by atoms with Crippen LogP contribution >= 0.6 is 0 Å². The van der Waals surface area contributed by atoms with Gasteiger partial charge in [0.2, 0.25) is 0 Å². The van der Waals surface area contributed by atoms with Crippen molar-refractivity contribution in [2.24, 2.45) is 16.5 Å². The molecule has 0 spiro atoms. The van der Waals surface area contributed by atoms with Crippen molar-refractivity contribution in [1.29, 1.82) is 0 Å². The minimum Gasteiger partial charge on any atom is -0.480 e. The molecule has 0 aromatic carbocycles. The van der Waals surface area contributed by atoms with Gasteiger partial charge in [-0.2, -0.15) is 0 Å². The maximum atomic E-state index is 11.3. The molecule has 0 aromatic heterocycles. The zero-order valence-corrected chi connectivity index (χ0v) is 9.50. The van der Waals surface area contributed by atoms with E-state index in [4.69, 9.17) is 16.6 Å². The molecule has 2 atom stereocenters. The van der Waals surface area contributed by atoms with Gasteiger partial charge in [-0.3, -0.25) is 14.0 Å². The van der Waals surface area contributed by atoms with E-state index in [1.165, 1.54) is 0 Å². The lowest BCUT2D eigenvalue weighted by atomic mass is 10.4. The van der Waals surface area contributed by atoms with E-state index in [0.29, 0.717) is 24.6 Å².